The Morgan fingerprint density at radius 2 is 1.86 bits per heavy atom. The maximum absolute atomic E-state index is 5.48. The summed E-state index contributed by atoms with van der Waals surface area (Å²) in [5.74, 6) is 2.30. The van der Waals surface area contributed by atoms with Gasteiger partial charge in [0, 0.05) is 25.4 Å². The molecule has 4 rings (SSSR count). The van der Waals surface area contributed by atoms with Crippen LogP contribution in [0.4, 0.5) is 5.82 Å². The van der Waals surface area contributed by atoms with Crippen LogP contribution in [0.15, 0.2) is 54.7 Å². The molecule has 0 spiro atoms. The van der Waals surface area contributed by atoms with Crippen LogP contribution in [0.2, 0.25) is 0 Å². The molecule has 1 saturated heterocycles. The molecule has 0 saturated carbocycles. The van der Waals surface area contributed by atoms with Gasteiger partial charge in [0.25, 0.3) is 0 Å². The second-order valence-corrected chi connectivity index (χ2v) is 6.98. The molecule has 1 aliphatic rings. The Kier molecular flexibility index (Phi) is 5.73. The zero-order valence-corrected chi connectivity index (χ0v) is 16.5. The molecule has 3 aromatic rings. The molecule has 1 fully saturated rings. The fourth-order valence-electron chi connectivity index (χ4n) is 3.11. The molecule has 6 nitrogen and oxygen atoms in total. The highest BCUT2D eigenvalue weighted by Crippen LogP contribution is 2.31. The van der Waals surface area contributed by atoms with Crippen LogP contribution in [0.1, 0.15) is 16.5 Å². The largest absolute Gasteiger partial charge is 0.497 e. The summed E-state index contributed by atoms with van der Waals surface area (Å²) in [4.78, 5) is 16.2. The summed E-state index contributed by atoms with van der Waals surface area (Å²) in [5.41, 5.74) is 2.63. The minimum absolute atomic E-state index is 0.184. The first-order chi connectivity index (χ1) is 13.7. The third kappa shape index (κ3) is 4.10. The van der Waals surface area contributed by atoms with E-state index in [0.29, 0.717) is 19.0 Å². The molecule has 0 N–H and O–H groups in total. The lowest BCUT2D eigenvalue weighted by atomic mass is 10.1. The van der Waals surface area contributed by atoms with Crippen LogP contribution >= 0.6 is 12.6 Å². The maximum Gasteiger partial charge on any atom is 0.180 e. The molecule has 1 atom stereocenters. The molecule has 7 heteroatoms. The molecule has 3 heterocycles. The fraction of sp³-hybridized carbons (Fsp3) is 0.286. The zero-order chi connectivity index (χ0) is 19.3. The van der Waals surface area contributed by atoms with Gasteiger partial charge < -0.3 is 14.4 Å². The number of anilines is 1. The van der Waals surface area contributed by atoms with Crippen LogP contribution in [-0.2, 0) is 4.74 Å². The first-order valence-electron chi connectivity index (χ1n) is 9.19. The normalized spacial score (nSPS) is 15.3. The monoisotopic (exact) mass is 394 g/mol. The van der Waals surface area contributed by atoms with Crippen LogP contribution in [0.5, 0.6) is 5.75 Å². The molecule has 0 aliphatic carbocycles. The summed E-state index contributed by atoms with van der Waals surface area (Å²) in [6.45, 7) is 3.00. The molecule has 1 aliphatic heterocycles. The van der Waals surface area contributed by atoms with E-state index < -0.39 is 0 Å². The minimum Gasteiger partial charge on any atom is -0.497 e. The molecule has 0 bridgehead atoms. The van der Waals surface area contributed by atoms with E-state index in [2.05, 4.69) is 9.88 Å². The Labute approximate surface area is 170 Å². The topological polar surface area (TPSA) is 60.4 Å². The number of thiol groups is 1. The van der Waals surface area contributed by atoms with E-state index in [1.54, 1.807) is 13.3 Å². The Bertz CT molecular complexity index is 915. The molecular weight excluding hydrogens is 372 g/mol. The lowest BCUT2D eigenvalue weighted by Gasteiger charge is -2.28. The van der Waals surface area contributed by atoms with Gasteiger partial charge in [0.05, 0.1) is 31.3 Å². The molecule has 2 aromatic heterocycles. The number of pyridine rings is 1. The van der Waals surface area contributed by atoms with Crippen molar-refractivity contribution in [1.29, 1.82) is 0 Å². The second kappa shape index (κ2) is 8.58. The summed E-state index contributed by atoms with van der Waals surface area (Å²) in [6, 6.07) is 15.6. The predicted molar refractivity (Wildman–Crippen MR) is 112 cm³/mol. The third-order valence-electron chi connectivity index (χ3n) is 4.67. The summed E-state index contributed by atoms with van der Waals surface area (Å²) >= 11 is 4.85. The Morgan fingerprint density at radius 3 is 2.54 bits per heavy atom. The highest BCUT2D eigenvalue weighted by atomic mass is 32.1. The molecule has 28 heavy (non-hydrogen) atoms. The van der Waals surface area contributed by atoms with Gasteiger partial charge in [0.15, 0.2) is 5.82 Å². The second-order valence-electron chi connectivity index (χ2n) is 6.46. The number of rotatable bonds is 5. The van der Waals surface area contributed by atoms with Gasteiger partial charge >= 0.3 is 0 Å². The third-order valence-corrected chi connectivity index (χ3v) is 5.24. The van der Waals surface area contributed by atoms with Gasteiger partial charge in [-0.3, -0.25) is 4.98 Å². The molecule has 0 radical (unpaired) electrons. The quantitative estimate of drug-likeness (QED) is 0.670. The summed E-state index contributed by atoms with van der Waals surface area (Å²) in [6.07, 6.45) is 1.75. The van der Waals surface area contributed by atoms with Crippen molar-refractivity contribution in [1.82, 2.24) is 15.0 Å². The minimum atomic E-state index is -0.184. The zero-order valence-electron chi connectivity index (χ0n) is 15.7. The number of nitrogens with zero attached hydrogens (tertiary/aromatic N) is 4. The Hall–Kier alpha value is -2.64. The number of benzene rings is 1. The van der Waals surface area contributed by atoms with Crippen LogP contribution < -0.4 is 9.64 Å². The standard InChI is InChI=1S/C21H22N4O2S/c1-26-16-7-5-15(6-8-16)20(28)18-14-19(25-10-12-27-13-11-25)24-21(23-18)17-4-2-3-9-22-17/h2-9,14,20,28H,10-13H2,1H3. The summed E-state index contributed by atoms with van der Waals surface area (Å²) in [7, 11) is 1.66. The highest BCUT2D eigenvalue weighted by molar-refractivity contribution is 7.80. The number of hydrogen-bond acceptors (Lipinski definition) is 7. The molecule has 1 aromatic carbocycles. The molecule has 1 unspecified atom stereocenters. The van der Waals surface area contributed by atoms with Gasteiger partial charge in [-0.1, -0.05) is 18.2 Å². The Morgan fingerprint density at radius 1 is 1.07 bits per heavy atom. The van der Waals surface area contributed by atoms with Crippen molar-refractivity contribution >= 4 is 18.4 Å². The van der Waals surface area contributed by atoms with Crippen LogP contribution in [0, 0.1) is 0 Å². The van der Waals surface area contributed by atoms with Gasteiger partial charge in [0.1, 0.15) is 17.3 Å². The van der Waals surface area contributed by atoms with Gasteiger partial charge in [-0.2, -0.15) is 12.6 Å². The van der Waals surface area contributed by atoms with Crippen molar-refractivity contribution < 1.29 is 9.47 Å². The van der Waals surface area contributed by atoms with E-state index in [4.69, 9.17) is 32.1 Å². The first kappa shape index (κ1) is 18.7. The van der Waals surface area contributed by atoms with E-state index in [-0.39, 0.29) is 5.25 Å². The maximum atomic E-state index is 5.48. The number of hydrogen-bond donors (Lipinski definition) is 1. The van der Waals surface area contributed by atoms with Crippen molar-refractivity contribution in [3.05, 3.63) is 66.0 Å². The van der Waals surface area contributed by atoms with E-state index in [1.165, 1.54) is 0 Å². The molecular formula is C21H22N4O2S. The predicted octanol–water partition coefficient (Wildman–Crippen LogP) is 3.40. The lowest BCUT2D eigenvalue weighted by Crippen LogP contribution is -2.37. The van der Waals surface area contributed by atoms with Gasteiger partial charge in [0.2, 0.25) is 0 Å². The summed E-state index contributed by atoms with van der Waals surface area (Å²) in [5, 5.41) is -0.184. The smallest absolute Gasteiger partial charge is 0.180 e. The average Bonchev–Trinajstić information content (AvgIpc) is 2.79. The fourth-order valence-corrected chi connectivity index (χ4v) is 3.42. The molecule has 0 amide bonds. The first-order valence-corrected chi connectivity index (χ1v) is 9.71. The number of morpholine rings is 1. The number of methoxy groups -OCH3 is 1. The van der Waals surface area contributed by atoms with E-state index in [9.17, 15) is 0 Å². The van der Waals surface area contributed by atoms with Crippen LogP contribution in [-0.4, -0.2) is 48.4 Å². The van der Waals surface area contributed by atoms with Crippen molar-refractivity contribution in [2.24, 2.45) is 0 Å². The average molecular weight is 394 g/mol. The SMILES string of the molecule is COc1ccc(C(S)c2cc(N3CCOCC3)nc(-c3ccccn3)n2)cc1. The van der Waals surface area contributed by atoms with E-state index in [1.807, 2.05) is 48.5 Å². The lowest BCUT2D eigenvalue weighted by molar-refractivity contribution is 0.122. The summed E-state index contributed by atoms with van der Waals surface area (Å²) < 4.78 is 10.7. The van der Waals surface area contributed by atoms with Crippen molar-refractivity contribution in [2.75, 3.05) is 38.3 Å². The van der Waals surface area contributed by atoms with Crippen molar-refractivity contribution in [3.8, 4) is 17.3 Å². The van der Waals surface area contributed by atoms with Crippen molar-refractivity contribution in [3.63, 3.8) is 0 Å². The van der Waals surface area contributed by atoms with Crippen LogP contribution in [0.3, 0.4) is 0 Å². The van der Waals surface area contributed by atoms with Gasteiger partial charge in [-0.05, 0) is 29.8 Å². The van der Waals surface area contributed by atoms with E-state index in [0.717, 1.165) is 41.6 Å². The van der Waals surface area contributed by atoms with E-state index >= 15 is 0 Å². The number of aromatic nitrogens is 3. The van der Waals surface area contributed by atoms with Crippen molar-refractivity contribution in [2.45, 2.75) is 5.25 Å². The van der Waals surface area contributed by atoms with Gasteiger partial charge in [-0.25, -0.2) is 9.97 Å². The number of ether oxygens (including phenoxy) is 2. The van der Waals surface area contributed by atoms with Crippen LogP contribution in [0.25, 0.3) is 11.5 Å². The Balaban J connectivity index is 1.74. The molecule has 144 valence electrons. The highest BCUT2D eigenvalue weighted by Gasteiger charge is 2.19. The van der Waals surface area contributed by atoms with Gasteiger partial charge in [-0.15, -0.1) is 0 Å².